The normalized spacial score (nSPS) is 15.3. The molecule has 9 nitrogen and oxygen atoms in total. The highest BCUT2D eigenvalue weighted by Crippen LogP contribution is 2.25. The molecular formula is C13H18FN3O6. The third-order valence-electron chi connectivity index (χ3n) is 2.95. The number of rotatable bonds is 8. The van der Waals surface area contributed by atoms with Gasteiger partial charge in [0, 0.05) is 0 Å². The van der Waals surface area contributed by atoms with Crippen molar-refractivity contribution < 1.29 is 33.3 Å². The maximum Gasteiger partial charge on any atom is 0.348 e. The van der Waals surface area contributed by atoms with Crippen molar-refractivity contribution in [1.29, 1.82) is 0 Å². The van der Waals surface area contributed by atoms with Crippen LogP contribution in [0.2, 0.25) is 0 Å². The van der Waals surface area contributed by atoms with E-state index in [0.29, 0.717) is 0 Å². The molecule has 0 aliphatic heterocycles. The number of ether oxygens (including phenoxy) is 3. The molecular weight excluding hydrogens is 313 g/mol. The molecule has 0 amide bonds. The number of nitrogens with zero attached hydrogens (tertiary/aromatic N) is 3. The Bertz CT molecular complexity index is 571. The zero-order chi connectivity index (χ0) is 17.6. The average Bonchev–Trinajstić information content (AvgIpc) is 2.51. The molecule has 0 saturated heterocycles. The smallest absolute Gasteiger partial charge is 0.348 e. The van der Waals surface area contributed by atoms with Crippen LogP contribution in [0.15, 0.2) is 11.2 Å². The molecule has 23 heavy (non-hydrogen) atoms. The Morgan fingerprint density at radius 1 is 1.30 bits per heavy atom. The first-order chi connectivity index (χ1) is 10.8. The number of hydrogen-bond donors (Lipinski definition) is 1. The predicted molar refractivity (Wildman–Crippen MR) is 76.8 cm³/mol. The van der Waals surface area contributed by atoms with Crippen molar-refractivity contribution in [2.75, 3.05) is 21.3 Å². The monoisotopic (exact) mass is 331 g/mol. The highest BCUT2D eigenvalue weighted by atomic mass is 19.1. The maximum atomic E-state index is 14.8. The Morgan fingerprint density at radius 3 is 2.22 bits per heavy atom. The number of carboxylic acids is 1. The molecule has 0 aromatic carbocycles. The number of halogens is 1. The maximum absolute atomic E-state index is 14.8. The Morgan fingerprint density at radius 2 is 1.83 bits per heavy atom. The number of carbonyl (C=O) groups is 1. The van der Waals surface area contributed by atoms with Crippen LogP contribution in [0.1, 0.15) is 13.8 Å². The number of oxime groups is 1. The van der Waals surface area contributed by atoms with Gasteiger partial charge in [-0.3, -0.25) is 0 Å². The molecule has 2 unspecified atom stereocenters. The second-order valence-electron chi connectivity index (χ2n) is 4.51. The molecule has 0 fully saturated rings. The van der Waals surface area contributed by atoms with Crippen molar-refractivity contribution >= 4 is 11.7 Å². The molecule has 2 atom stereocenters. The van der Waals surface area contributed by atoms with Crippen molar-refractivity contribution in [3.63, 3.8) is 0 Å². The van der Waals surface area contributed by atoms with E-state index in [-0.39, 0.29) is 17.5 Å². The Labute approximate surface area is 132 Å². The van der Waals surface area contributed by atoms with Crippen LogP contribution < -0.4 is 14.2 Å². The number of methoxy groups -OCH3 is 2. The van der Waals surface area contributed by atoms with E-state index < -0.39 is 23.8 Å². The van der Waals surface area contributed by atoms with E-state index in [0.717, 1.165) is 6.92 Å². The number of hydrogen-bond acceptors (Lipinski definition) is 8. The van der Waals surface area contributed by atoms with Gasteiger partial charge in [-0.05, 0) is 13.8 Å². The standard InChI is InChI=1S/C13H18FN3O6/c1-7(17-22-5)13(2,14)10(11(18)19)23-12-15-8(20-3)6-9(16-12)21-4/h6,10H,1-5H3,(H,18,19)/b17-7-. The summed E-state index contributed by atoms with van der Waals surface area (Å²) >= 11 is 0. The Hall–Kier alpha value is -2.65. The lowest BCUT2D eigenvalue weighted by Crippen LogP contribution is -2.50. The molecule has 0 spiro atoms. The summed E-state index contributed by atoms with van der Waals surface area (Å²) in [5.41, 5.74) is -2.69. The van der Waals surface area contributed by atoms with E-state index in [4.69, 9.17) is 14.2 Å². The minimum atomic E-state index is -2.47. The Kier molecular flexibility index (Phi) is 6.05. The van der Waals surface area contributed by atoms with Crippen LogP contribution in [-0.4, -0.2) is 59.9 Å². The lowest BCUT2D eigenvalue weighted by molar-refractivity contribution is -0.150. The molecule has 1 rings (SSSR count). The van der Waals surface area contributed by atoms with E-state index in [1.807, 2.05) is 0 Å². The zero-order valence-electron chi connectivity index (χ0n) is 13.4. The third-order valence-corrected chi connectivity index (χ3v) is 2.95. The van der Waals surface area contributed by atoms with Gasteiger partial charge in [0.25, 0.3) is 0 Å². The second kappa shape index (κ2) is 7.56. The fraction of sp³-hybridized carbons (Fsp3) is 0.538. The van der Waals surface area contributed by atoms with Crippen LogP contribution in [0, 0.1) is 0 Å². The summed E-state index contributed by atoms with van der Waals surface area (Å²) < 4.78 is 29.7. The fourth-order valence-electron chi connectivity index (χ4n) is 1.56. The van der Waals surface area contributed by atoms with Crippen LogP contribution in [0.25, 0.3) is 0 Å². The minimum Gasteiger partial charge on any atom is -0.481 e. The summed E-state index contributed by atoms with van der Waals surface area (Å²) in [5.74, 6) is -1.43. The average molecular weight is 331 g/mol. The van der Waals surface area contributed by atoms with Gasteiger partial charge in [0.2, 0.25) is 17.9 Å². The molecule has 0 radical (unpaired) electrons. The number of aliphatic carboxylic acids is 1. The van der Waals surface area contributed by atoms with Gasteiger partial charge in [-0.15, -0.1) is 0 Å². The van der Waals surface area contributed by atoms with Gasteiger partial charge in [0.15, 0.2) is 5.67 Å². The van der Waals surface area contributed by atoms with Crippen LogP contribution in [0.4, 0.5) is 4.39 Å². The lowest BCUT2D eigenvalue weighted by Gasteiger charge is -2.26. The molecule has 1 N–H and O–H groups in total. The van der Waals surface area contributed by atoms with E-state index in [9.17, 15) is 14.3 Å². The summed E-state index contributed by atoms with van der Waals surface area (Å²) in [5, 5.41) is 12.7. The van der Waals surface area contributed by atoms with Crippen LogP contribution in [0.5, 0.6) is 17.8 Å². The van der Waals surface area contributed by atoms with Gasteiger partial charge in [-0.2, -0.15) is 9.97 Å². The number of alkyl halides is 1. The third kappa shape index (κ3) is 4.41. The molecule has 1 aromatic heterocycles. The fourth-order valence-corrected chi connectivity index (χ4v) is 1.56. The van der Waals surface area contributed by atoms with Crippen molar-refractivity contribution in [3.8, 4) is 17.8 Å². The van der Waals surface area contributed by atoms with Crippen LogP contribution >= 0.6 is 0 Å². The Balaban J connectivity index is 3.19. The van der Waals surface area contributed by atoms with E-state index >= 15 is 0 Å². The highest BCUT2D eigenvalue weighted by molar-refractivity contribution is 5.95. The lowest BCUT2D eigenvalue weighted by atomic mass is 9.96. The molecule has 0 aliphatic rings. The van der Waals surface area contributed by atoms with E-state index in [1.54, 1.807) is 0 Å². The van der Waals surface area contributed by atoms with Crippen LogP contribution in [0.3, 0.4) is 0 Å². The van der Waals surface area contributed by atoms with Gasteiger partial charge in [-0.25, -0.2) is 9.18 Å². The van der Waals surface area contributed by atoms with Crippen molar-refractivity contribution in [2.24, 2.45) is 5.16 Å². The summed E-state index contributed by atoms with van der Waals surface area (Å²) in [6.07, 6.45) is -1.96. The largest absolute Gasteiger partial charge is 0.481 e. The molecule has 128 valence electrons. The highest BCUT2D eigenvalue weighted by Gasteiger charge is 2.46. The van der Waals surface area contributed by atoms with E-state index in [2.05, 4.69) is 20.0 Å². The van der Waals surface area contributed by atoms with Gasteiger partial charge >= 0.3 is 12.0 Å². The molecule has 0 bridgehead atoms. The SMILES string of the molecule is CO/N=C(/C)C(C)(F)C(Oc1nc(OC)cc(OC)n1)C(=O)O. The number of carboxylic acid groups (broad SMARTS) is 1. The summed E-state index contributed by atoms with van der Waals surface area (Å²) in [6.45, 7) is 2.27. The van der Waals surface area contributed by atoms with Crippen LogP contribution in [-0.2, 0) is 9.63 Å². The molecule has 10 heteroatoms. The topological polar surface area (TPSA) is 112 Å². The van der Waals surface area contributed by atoms with Gasteiger partial charge in [0.05, 0.1) is 26.0 Å². The molecule has 0 aliphatic carbocycles. The second-order valence-corrected chi connectivity index (χ2v) is 4.51. The summed E-state index contributed by atoms with van der Waals surface area (Å²) in [6, 6.07) is 0.942. The summed E-state index contributed by atoms with van der Waals surface area (Å²) in [7, 11) is 3.90. The molecule has 1 heterocycles. The first-order valence-electron chi connectivity index (χ1n) is 6.39. The predicted octanol–water partition coefficient (Wildman–Crippen LogP) is 1.08. The van der Waals surface area contributed by atoms with Gasteiger partial charge < -0.3 is 24.2 Å². The van der Waals surface area contributed by atoms with Gasteiger partial charge in [-0.1, -0.05) is 5.16 Å². The zero-order valence-corrected chi connectivity index (χ0v) is 13.4. The van der Waals surface area contributed by atoms with Gasteiger partial charge in [0.1, 0.15) is 7.11 Å². The van der Waals surface area contributed by atoms with Crippen molar-refractivity contribution in [2.45, 2.75) is 25.6 Å². The van der Waals surface area contributed by atoms with Crippen molar-refractivity contribution in [3.05, 3.63) is 6.07 Å². The first kappa shape index (κ1) is 18.4. The minimum absolute atomic E-state index is 0.0684. The summed E-state index contributed by atoms with van der Waals surface area (Å²) in [4.78, 5) is 23.5. The quantitative estimate of drug-likeness (QED) is 0.556. The number of aromatic nitrogens is 2. The first-order valence-corrected chi connectivity index (χ1v) is 6.39. The van der Waals surface area contributed by atoms with Crippen molar-refractivity contribution in [1.82, 2.24) is 9.97 Å². The molecule has 0 saturated carbocycles. The van der Waals surface area contributed by atoms with E-state index in [1.165, 1.54) is 34.3 Å². The molecule has 1 aromatic rings.